The minimum Gasteiger partial charge on any atom is -0.391 e. The van der Waals surface area contributed by atoms with Crippen LogP contribution >= 0.6 is 0 Å². The van der Waals surface area contributed by atoms with E-state index >= 15 is 0 Å². The lowest BCUT2D eigenvalue weighted by molar-refractivity contribution is -0.159. The lowest BCUT2D eigenvalue weighted by Crippen LogP contribution is -2.35. The van der Waals surface area contributed by atoms with Crippen LogP contribution in [0.5, 0.6) is 0 Å². The van der Waals surface area contributed by atoms with E-state index in [2.05, 4.69) is 4.74 Å². The van der Waals surface area contributed by atoms with Crippen molar-refractivity contribution in [1.29, 1.82) is 0 Å². The van der Waals surface area contributed by atoms with Crippen LogP contribution in [0.15, 0.2) is 0 Å². The fraction of sp³-hybridized carbons (Fsp3) is 0.714. The molecule has 0 aliphatic carbocycles. The molecule has 6 heteroatoms. The van der Waals surface area contributed by atoms with E-state index in [4.69, 9.17) is 17.2 Å². The average Bonchev–Trinajstić information content (AvgIpc) is 2.13. The van der Waals surface area contributed by atoms with E-state index in [-0.39, 0.29) is 6.54 Å². The molecule has 1 atom stereocenters. The Bertz CT molecular complexity index is 184. The van der Waals surface area contributed by atoms with Gasteiger partial charge in [0.2, 0.25) is 0 Å². The zero-order chi connectivity index (χ0) is 10.3. The maximum Gasteiger partial charge on any atom is 0.330 e. The van der Waals surface area contributed by atoms with E-state index in [0.717, 1.165) is 0 Å². The SMILES string of the molecule is NCCCC(N)C(=O)OC(=O)CN. The summed E-state index contributed by atoms with van der Waals surface area (Å²) in [5.41, 5.74) is 15.5. The number of nitrogens with two attached hydrogens (primary N) is 3. The third-order valence-electron chi connectivity index (χ3n) is 1.40. The molecule has 0 spiro atoms. The van der Waals surface area contributed by atoms with Crippen molar-refractivity contribution in [2.24, 2.45) is 17.2 Å². The lowest BCUT2D eigenvalue weighted by Gasteiger charge is -2.08. The summed E-state index contributed by atoms with van der Waals surface area (Å²) in [5.74, 6) is -1.52. The highest BCUT2D eigenvalue weighted by Crippen LogP contribution is 1.95. The van der Waals surface area contributed by atoms with Crippen molar-refractivity contribution in [3.05, 3.63) is 0 Å². The van der Waals surface area contributed by atoms with E-state index in [1.54, 1.807) is 0 Å². The molecule has 1 unspecified atom stereocenters. The van der Waals surface area contributed by atoms with E-state index in [0.29, 0.717) is 19.4 Å². The minimum atomic E-state index is -0.793. The van der Waals surface area contributed by atoms with Crippen LogP contribution in [-0.2, 0) is 14.3 Å². The molecule has 0 aromatic carbocycles. The van der Waals surface area contributed by atoms with Crippen LogP contribution in [0, 0.1) is 0 Å². The predicted molar refractivity (Wildman–Crippen MR) is 46.4 cm³/mol. The van der Waals surface area contributed by atoms with Crippen molar-refractivity contribution in [2.45, 2.75) is 18.9 Å². The molecule has 0 bridgehead atoms. The molecule has 0 aliphatic rings. The quantitative estimate of drug-likeness (QED) is 0.342. The summed E-state index contributed by atoms with van der Waals surface area (Å²) < 4.78 is 4.29. The van der Waals surface area contributed by atoms with Crippen molar-refractivity contribution in [3.8, 4) is 0 Å². The van der Waals surface area contributed by atoms with Crippen LogP contribution in [0.4, 0.5) is 0 Å². The van der Waals surface area contributed by atoms with Crippen LogP contribution in [0.25, 0.3) is 0 Å². The van der Waals surface area contributed by atoms with Crippen molar-refractivity contribution in [1.82, 2.24) is 0 Å². The van der Waals surface area contributed by atoms with Crippen molar-refractivity contribution < 1.29 is 14.3 Å². The summed E-state index contributed by atoms with van der Waals surface area (Å²) in [6.45, 7) is 0.126. The van der Waals surface area contributed by atoms with E-state index in [1.165, 1.54) is 0 Å². The first-order chi connectivity index (χ1) is 6.11. The lowest BCUT2D eigenvalue weighted by atomic mass is 10.2. The first-order valence-electron chi connectivity index (χ1n) is 4.02. The fourth-order valence-electron chi connectivity index (χ4n) is 0.685. The van der Waals surface area contributed by atoms with Gasteiger partial charge in [-0.3, -0.25) is 4.79 Å². The number of esters is 2. The highest BCUT2D eigenvalue weighted by atomic mass is 16.6. The standard InChI is InChI=1S/C7H15N3O3/c8-3-1-2-5(10)7(12)13-6(11)4-9/h5H,1-4,8-10H2. The summed E-state index contributed by atoms with van der Waals surface area (Å²) in [6.07, 6.45) is 1.03. The largest absolute Gasteiger partial charge is 0.391 e. The van der Waals surface area contributed by atoms with Crippen LogP contribution in [0.3, 0.4) is 0 Å². The van der Waals surface area contributed by atoms with E-state index < -0.39 is 18.0 Å². The minimum absolute atomic E-state index is 0.324. The zero-order valence-corrected chi connectivity index (χ0v) is 7.36. The van der Waals surface area contributed by atoms with Gasteiger partial charge in [-0.2, -0.15) is 0 Å². The summed E-state index contributed by atoms with van der Waals surface area (Å²) in [7, 11) is 0. The number of hydrogen-bond donors (Lipinski definition) is 3. The van der Waals surface area contributed by atoms with Gasteiger partial charge in [-0.1, -0.05) is 0 Å². The monoisotopic (exact) mass is 189 g/mol. The topological polar surface area (TPSA) is 121 Å². The number of carbonyl (C=O) groups is 2. The van der Waals surface area contributed by atoms with Gasteiger partial charge >= 0.3 is 11.9 Å². The first kappa shape index (κ1) is 12.0. The molecule has 0 aromatic rings. The number of hydrogen-bond acceptors (Lipinski definition) is 6. The molecule has 6 nitrogen and oxygen atoms in total. The molecule has 0 fully saturated rings. The zero-order valence-electron chi connectivity index (χ0n) is 7.36. The van der Waals surface area contributed by atoms with Crippen LogP contribution in [0.1, 0.15) is 12.8 Å². The van der Waals surface area contributed by atoms with Crippen LogP contribution < -0.4 is 17.2 Å². The van der Waals surface area contributed by atoms with Gasteiger partial charge in [-0.05, 0) is 19.4 Å². The van der Waals surface area contributed by atoms with E-state index in [1.807, 2.05) is 0 Å². The van der Waals surface area contributed by atoms with Crippen molar-refractivity contribution in [2.75, 3.05) is 13.1 Å². The summed E-state index contributed by atoms with van der Waals surface area (Å²) in [5, 5.41) is 0. The second kappa shape index (κ2) is 6.53. The Kier molecular flexibility index (Phi) is 6.03. The molecule has 0 saturated carbocycles. The van der Waals surface area contributed by atoms with E-state index in [9.17, 15) is 9.59 Å². The molecule has 76 valence electrons. The highest BCUT2D eigenvalue weighted by molar-refractivity contribution is 5.88. The van der Waals surface area contributed by atoms with Crippen LogP contribution in [-0.4, -0.2) is 31.1 Å². The molecule has 13 heavy (non-hydrogen) atoms. The Morgan fingerprint density at radius 2 is 1.92 bits per heavy atom. The molecular formula is C7H15N3O3. The van der Waals surface area contributed by atoms with Gasteiger partial charge in [0, 0.05) is 0 Å². The third kappa shape index (κ3) is 5.29. The van der Waals surface area contributed by atoms with Gasteiger partial charge in [0.15, 0.2) is 0 Å². The van der Waals surface area contributed by atoms with Gasteiger partial charge in [0.05, 0.1) is 6.54 Å². The molecule has 0 radical (unpaired) electrons. The normalized spacial score (nSPS) is 12.2. The molecular weight excluding hydrogens is 174 g/mol. The maximum atomic E-state index is 11.0. The summed E-state index contributed by atoms with van der Waals surface area (Å²) in [4.78, 5) is 21.5. The Hall–Kier alpha value is -0.980. The van der Waals surface area contributed by atoms with Gasteiger partial charge < -0.3 is 21.9 Å². The summed E-state index contributed by atoms with van der Waals surface area (Å²) >= 11 is 0. The molecule has 0 aliphatic heterocycles. The van der Waals surface area contributed by atoms with Crippen molar-refractivity contribution >= 4 is 11.9 Å². The number of carbonyl (C=O) groups excluding carboxylic acids is 2. The molecule has 0 saturated heterocycles. The average molecular weight is 189 g/mol. The molecule has 0 amide bonds. The van der Waals surface area contributed by atoms with Gasteiger partial charge in [0.1, 0.15) is 6.04 Å². The Labute approximate surface area is 76.4 Å². The first-order valence-corrected chi connectivity index (χ1v) is 4.02. The van der Waals surface area contributed by atoms with Gasteiger partial charge in [-0.25, -0.2) is 4.79 Å². The molecule has 0 aromatic heterocycles. The smallest absolute Gasteiger partial charge is 0.330 e. The highest BCUT2D eigenvalue weighted by Gasteiger charge is 2.17. The molecule has 0 rings (SSSR count). The van der Waals surface area contributed by atoms with Gasteiger partial charge in [0.25, 0.3) is 0 Å². The number of rotatable bonds is 5. The van der Waals surface area contributed by atoms with Gasteiger partial charge in [-0.15, -0.1) is 0 Å². The predicted octanol–water partition coefficient (Wildman–Crippen LogP) is -1.92. The van der Waals surface area contributed by atoms with Crippen molar-refractivity contribution in [3.63, 3.8) is 0 Å². The fourth-order valence-corrected chi connectivity index (χ4v) is 0.685. The second-order valence-corrected chi connectivity index (χ2v) is 2.53. The molecule has 0 heterocycles. The number of ether oxygens (including phenoxy) is 1. The Morgan fingerprint density at radius 1 is 1.31 bits per heavy atom. The maximum absolute atomic E-state index is 11.0. The second-order valence-electron chi connectivity index (χ2n) is 2.53. The Balaban J connectivity index is 3.75. The Morgan fingerprint density at radius 3 is 2.38 bits per heavy atom. The third-order valence-corrected chi connectivity index (χ3v) is 1.40. The molecule has 6 N–H and O–H groups in total. The van der Waals surface area contributed by atoms with Crippen LogP contribution in [0.2, 0.25) is 0 Å². The summed E-state index contributed by atoms with van der Waals surface area (Å²) in [6, 6.07) is -0.793.